The van der Waals surface area contributed by atoms with E-state index in [9.17, 15) is 4.79 Å². The van der Waals surface area contributed by atoms with Gasteiger partial charge in [0.1, 0.15) is 0 Å². The van der Waals surface area contributed by atoms with E-state index in [4.69, 9.17) is 0 Å². The van der Waals surface area contributed by atoms with E-state index in [0.717, 1.165) is 47.8 Å². The Morgan fingerprint density at radius 1 is 0.969 bits per heavy atom. The summed E-state index contributed by atoms with van der Waals surface area (Å²) in [6.45, 7) is 16.3. The van der Waals surface area contributed by atoms with Gasteiger partial charge < -0.3 is 5.32 Å². The molecule has 0 bridgehead atoms. The molecule has 2 heteroatoms. The predicted octanol–water partition coefficient (Wildman–Crippen LogP) is 7.78. The highest BCUT2D eigenvalue weighted by atomic mass is 16.1. The minimum atomic E-state index is 0.0141. The van der Waals surface area contributed by atoms with E-state index in [1.807, 2.05) is 0 Å². The molecule has 0 aromatic rings. The van der Waals surface area contributed by atoms with Crippen molar-refractivity contribution in [3.63, 3.8) is 0 Å². The predicted molar refractivity (Wildman–Crippen MR) is 135 cm³/mol. The molecule has 0 heterocycles. The zero-order valence-corrected chi connectivity index (χ0v) is 21.8. The standard InChI is InChI=1S/C30H51NO/c1-7-28(32)31-23-15-17-29(5)22(19-23)11-12-24-26-14-13-25(21(4)10-8-9-20(2)3)30(26,6)18-16-27(24)29/h7,20-27H,1,8-19H2,2-6H3,(H,31,32)/t21-,22-,23-,24+,25?,26+,27+,29+,30-/m1/s1. The number of fused-ring (bicyclic) bond motifs is 5. The van der Waals surface area contributed by atoms with Crippen LogP contribution >= 0.6 is 0 Å². The molecule has 4 rings (SSSR count). The maximum absolute atomic E-state index is 11.9. The summed E-state index contributed by atoms with van der Waals surface area (Å²) >= 11 is 0. The smallest absolute Gasteiger partial charge is 0.243 e. The van der Waals surface area contributed by atoms with Gasteiger partial charge in [-0.2, -0.15) is 0 Å². The molecule has 9 atom stereocenters. The number of amides is 1. The first kappa shape index (κ1) is 24.3. The van der Waals surface area contributed by atoms with E-state index >= 15 is 0 Å². The Balaban J connectivity index is 1.42. The van der Waals surface area contributed by atoms with Crippen LogP contribution in [0.15, 0.2) is 12.7 Å². The maximum Gasteiger partial charge on any atom is 0.243 e. The van der Waals surface area contributed by atoms with Gasteiger partial charge in [0.25, 0.3) is 0 Å². The van der Waals surface area contributed by atoms with Crippen molar-refractivity contribution in [1.82, 2.24) is 5.32 Å². The summed E-state index contributed by atoms with van der Waals surface area (Å²) < 4.78 is 0. The number of carbonyl (C=O) groups excluding carboxylic acids is 1. The number of carbonyl (C=O) groups is 1. The Labute approximate surface area is 198 Å². The van der Waals surface area contributed by atoms with Crippen LogP contribution in [0.4, 0.5) is 0 Å². The molecule has 0 saturated heterocycles. The fourth-order valence-corrected chi connectivity index (χ4v) is 9.67. The molecule has 4 fully saturated rings. The van der Waals surface area contributed by atoms with Crippen LogP contribution in [-0.4, -0.2) is 11.9 Å². The van der Waals surface area contributed by atoms with Crippen LogP contribution in [0.2, 0.25) is 0 Å². The van der Waals surface area contributed by atoms with Crippen molar-refractivity contribution in [2.45, 2.75) is 118 Å². The molecule has 0 aromatic heterocycles. The normalized spacial score (nSPS) is 44.3. The van der Waals surface area contributed by atoms with E-state index in [-0.39, 0.29) is 5.91 Å². The molecule has 32 heavy (non-hydrogen) atoms. The second kappa shape index (κ2) is 9.46. The largest absolute Gasteiger partial charge is 0.350 e. The second-order valence-corrected chi connectivity index (χ2v) is 13.4. The van der Waals surface area contributed by atoms with Crippen LogP contribution in [0, 0.1) is 52.3 Å². The number of nitrogens with one attached hydrogen (secondary N) is 1. The molecule has 4 saturated carbocycles. The molecule has 0 aliphatic heterocycles. The van der Waals surface area contributed by atoms with E-state index in [1.165, 1.54) is 76.7 Å². The van der Waals surface area contributed by atoms with Gasteiger partial charge in [-0.15, -0.1) is 0 Å². The summed E-state index contributed by atoms with van der Waals surface area (Å²) in [5.74, 6) is 6.36. The number of rotatable bonds is 7. The van der Waals surface area contributed by atoms with Crippen LogP contribution in [0.5, 0.6) is 0 Å². The first-order valence-corrected chi connectivity index (χ1v) is 14.1. The van der Waals surface area contributed by atoms with Gasteiger partial charge in [0, 0.05) is 6.04 Å². The summed E-state index contributed by atoms with van der Waals surface area (Å²) in [5.41, 5.74) is 1.09. The minimum absolute atomic E-state index is 0.0141. The van der Waals surface area contributed by atoms with Crippen LogP contribution in [0.25, 0.3) is 0 Å². The van der Waals surface area contributed by atoms with Crippen molar-refractivity contribution >= 4 is 5.91 Å². The van der Waals surface area contributed by atoms with Gasteiger partial charge in [-0.25, -0.2) is 0 Å². The van der Waals surface area contributed by atoms with Gasteiger partial charge in [-0.3, -0.25) is 4.79 Å². The Morgan fingerprint density at radius 2 is 1.69 bits per heavy atom. The summed E-state index contributed by atoms with van der Waals surface area (Å²) in [6.07, 6.45) is 18.1. The van der Waals surface area contributed by atoms with Crippen LogP contribution < -0.4 is 5.32 Å². The third kappa shape index (κ3) is 4.34. The molecule has 0 aromatic carbocycles. The lowest BCUT2D eigenvalue weighted by atomic mass is 9.44. The van der Waals surface area contributed by atoms with Crippen molar-refractivity contribution in [1.29, 1.82) is 0 Å². The lowest BCUT2D eigenvalue weighted by molar-refractivity contribution is -0.125. The lowest BCUT2D eigenvalue weighted by Gasteiger charge is -2.61. The van der Waals surface area contributed by atoms with Gasteiger partial charge in [-0.1, -0.05) is 60.5 Å². The van der Waals surface area contributed by atoms with Gasteiger partial charge in [-0.05, 0) is 116 Å². The monoisotopic (exact) mass is 441 g/mol. The fourth-order valence-electron chi connectivity index (χ4n) is 9.67. The Kier molecular flexibility index (Phi) is 7.19. The molecule has 1 unspecified atom stereocenters. The number of hydrogen-bond donors (Lipinski definition) is 1. The van der Waals surface area contributed by atoms with Crippen LogP contribution in [-0.2, 0) is 4.79 Å². The summed E-state index contributed by atoms with van der Waals surface area (Å²) in [5, 5.41) is 3.22. The maximum atomic E-state index is 11.9. The molecule has 0 spiro atoms. The highest BCUT2D eigenvalue weighted by molar-refractivity contribution is 5.87. The third-order valence-electron chi connectivity index (χ3n) is 11.4. The van der Waals surface area contributed by atoms with Gasteiger partial charge in [0.05, 0.1) is 0 Å². The van der Waals surface area contributed by atoms with Crippen molar-refractivity contribution < 1.29 is 4.79 Å². The summed E-state index contributed by atoms with van der Waals surface area (Å²) in [6, 6.07) is 0.367. The van der Waals surface area contributed by atoms with Gasteiger partial charge in [0.15, 0.2) is 0 Å². The third-order valence-corrected chi connectivity index (χ3v) is 11.4. The molecule has 1 N–H and O–H groups in total. The second-order valence-electron chi connectivity index (χ2n) is 13.4. The average molecular weight is 442 g/mol. The lowest BCUT2D eigenvalue weighted by Crippen LogP contribution is -2.55. The van der Waals surface area contributed by atoms with Crippen molar-refractivity contribution in [2.24, 2.45) is 52.3 Å². The summed E-state index contributed by atoms with van der Waals surface area (Å²) in [7, 11) is 0. The average Bonchev–Trinajstić information content (AvgIpc) is 3.11. The Morgan fingerprint density at radius 3 is 2.41 bits per heavy atom. The molecule has 182 valence electrons. The molecule has 4 aliphatic rings. The quantitative estimate of drug-likeness (QED) is 0.401. The molecular weight excluding hydrogens is 390 g/mol. The highest BCUT2D eigenvalue weighted by Gasteiger charge is 2.60. The molecule has 2 nitrogen and oxygen atoms in total. The van der Waals surface area contributed by atoms with Crippen molar-refractivity contribution in [3.05, 3.63) is 12.7 Å². The van der Waals surface area contributed by atoms with E-state index in [2.05, 4.69) is 46.5 Å². The first-order chi connectivity index (χ1) is 15.2. The van der Waals surface area contributed by atoms with E-state index in [0.29, 0.717) is 16.9 Å². The van der Waals surface area contributed by atoms with E-state index < -0.39 is 0 Å². The van der Waals surface area contributed by atoms with Gasteiger partial charge in [0.2, 0.25) is 5.91 Å². The number of hydrogen-bond acceptors (Lipinski definition) is 1. The van der Waals surface area contributed by atoms with Crippen molar-refractivity contribution in [3.8, 4) is 0 Å². The molecule has 0 radical (unpaired) electrons. The zero-order chi connectivity index (χ0) is 23.1. The molecule has 1 amide bonds. The van der Waals surface area contributed by atoms with Crippen LogP contribution in [0.3, 0.4) is 0 Å². The topological polar surface area (TPSA) is 29.1 Å². The SMILES string of the molecule is C=CC(=O)N[C@@H]1CC[C@@]2(C)[C@H](CC[C@@H]3[C@@H]2CC[C@]2(C)C([C@H](C)CCCC(C)C)CC[C@@H]32)C1. The molecular formula is C30H51NO. The first-order valence-electron chi connectivity index (χ1n) is 14.1. The zero-order valence-electron chi connectivity index (χ0n) is 21.8. The van der Waals surface area contributed by atoms with Crippen molar-refractivity contribution in [2.75, 3.05) is 0 Å². The minimum Gasteiger partial charge on any atom is -0.350 e. The Hall–Kier alpha value is -0.790. The van der Waals surface area contributed by atoms with Crippen LogP contribution in [0.1, 0.15) is 112 Å². The van der Waals surface area contributed by atoms with Gasteiger partial charge >= 0.3 is 0 Å². The van der Waals surface area contributed by atoms with E-state index in [1.54, 1.807) is 0 Å². The Bertz CT molecular complexity index is 684. The highest BCUT2D eigenvalue weighted by Crippen LogP contribution is 2.68. The fraction of sp³-hybridized carbons (Fsp3) is 0.900. The summed E-state index contributed by atoms with van der Waals surface area (Å²) in [4.78, 5) is 11.9. The molecule has 4 aliphatic carbocycles.